The van der Waals surface area contributed by atoms with Gasteiger partial charge < -0.3 is 9.73 Å². The van der Waals surface area contributed by atoms with Crippen molar-refractivity contribution in [2.24, 2.45) is 0 Å². The highest BCUT2D eigenvalue weighted by molar-refractivity contribution is 9.10. The lowest BCUT2D eigenvalue weighted by molar-refractivity contribution is 0.475. The molecular weight excluding hydrogens is 340 g/mol. The second-order valence-corrected chi connectivity index (χ2v) is 5.56. The monoisotopic (exact) mass is 351 g/mol. The fourth-order valence-electron chi connectivity index (χ4n) is 2.35. The van der Waals surface area contributed by atoms with Gasteiger partial charge in [0.25, 0.3) is 0 Å². The summed E-state index contributed by atoms with van der Waals surface area (Å²) in [6.45, 7) is 0. The van der Waals surface area contributed by atoms with Crippen molar-refractivity contribution in [2.75, 3.05) is 7.05 Å². The normalized spacial score (nSPS) is 12.8. The number of hydrogen-bond acceptors (Lipinski definition) is 2. The van der Waals surface area contributed by atoms with E-state index in [0.29, 0.717) is 21.2 Å². The van der Waals surface area contributed by atoms with Crippen LogP contribution in [-0.4, -0.2) is 7.05 Å². The number of halogens is 3. The molecule has 0 aliphatic carbocycles. The van der Waals surface area contributed by atoms with Crippen molar-refractivity contribution < 1.29 is 13.2 Å². The summed E-state index contributed by atoms with van der Waals surface area (Å²) in [4.78, 5) is 0. The number of hydrogen-bond donors (Lipinski definition) is 1. The van der Waals surface area contributed by atoms with Crippen molar-refractivity contribution in [3.8, 4) is 0 Å². The molecule has 3 aromatic rings. The van der Waals surface area contributed by atoms with Crippen LogP contribution in [0.15, 0.2) is 51.4 Å². The van der Waals surface area contributed by atoms with E-state index in [1.807, 2.05) is 0 Å². The number of rotatable bonds is 3. The number of benzene rings is 2. The third kappa shape index (κ3) is 2.59. The molecule has 0 saturated carbocycles. The highest BCUT2D eigenvalue weighted by Crippen LogP contribution is 2.30. The summed E-state index contributed by atoms with van der Waals surface area (Å²) in [5.74, 6) is -0.218. The van der Waals surface area contributed by atoms with E-state index in [-0.39, 0.29) is 17.4 Å². The minimum atomic E-state index is -0.407. The van der Waals surface area contributed by atoms with Gasteiger partial charge in [-0.1, -0.05) is 18.2 Å². The summed E-state index contributed by atoms with van der Waals surface area (Å²) in [6, 6.07) is 11.0. The van der Waals surface area contributed by atoms with Crippen molar-refractivity contribution in [3.05, 3.63) is 69.9 Å². The Kier molecular flexibility index (Phi) is 3.78. The van der Waals surface area contributed by atoms with E-state index in [9.17, 15) is 8.78 Å². The Morgan fingerprint density at radius 2 is 1.90 bits per heavy atom. The van der Waals surface area contributed by atoms with Gasteiger partial charge in [0.1, 0.15) is 11.6 Å². The highest BCUT2D eigenvalue weighted by atomic mass is 79.9. The molecule has 5 heteroatoms. The standard InChI is InChI=1S/C16H12BrF2NO/c1-20-15(9-5-6-11(17)13(19)7-9)14-8-10-3-2-4-12(18)16(10)21-14/h2-8,15,20H,1H3. The lowest BCUT2D eigenvalue weighted by atomic mass is 10.0. The van der Waals surface area contributed by atoms with E-state index < -0.39 is 5.82 Å². The molecule has 21 heavy (non-hydrogen) atoms. The summed E-state index contributed by atoms with van der Waals surface area (Å²) in [6.07, 6.45) is 0. The molecule has 1 N–H and O–H groups in total. The summed E-state index contributed by atoms with van der Waals surface area (Å²) in [5.41, 5.74) is 0.919. The zero-order valence-electron chi connectivity index (χ0n) is 11.2. The predicted molar refractivity (Wildman–Crippen MR) is 81.2 cm³/mol. The Labute approximate surface area is 128 Å². The van der Waals surface area contributed by atoms with Crippen LogP contribution in [0.4, 0.5) is 8.78 Å². The van der Waals surface area contributed by atoms with Crippen LogP contribution in [0.5, 0.6) is 0 Å². The fourth-order valence-corrected chi connectivity index (χ4v) is 2.60. The molecule has 2 nitrogen and oxygen atoms in total. The first kappa shape index (κ1) is 14.2. The summed E-state index contributed by atoms with van der Waals surface area (Å²) in [7, 11) is 1.74. The number of para-hydroxylation sites is 1. The second-order valence-electron chi connectivity index (χ2n) is 4.70. The van der Waals surface area contributed by atoms with Gasteiger partial charge in [0, 0.05) is 5.39 Å². The summed E-state index contributed by atoms with van der Waals surface area (Å²) in [5, 5.41) is 3.75. The molecule has 0 spiro atoms. The van der Waals surface area contributed by atoms with Crippen molar-refractivity contribution in [2.45, 2.75) is 6.04 Å². The minimum absolute atomic E-state index is 0.213. The van der Waals surface area contributed by atoms with E-state index in [4.69, 9.17) is 4.42 Å². The minimum Gasteiger partial charge on any atom is -0.456 e. The smallest absolute Gasteiger partial charge is 0.169 e. The van der Waals surface area contributed by atoms with Gasteiger partial charge in [-0.05, 0) is 52.8 Å². The van der Waals surface area contributed by atoms with Crippen LogP contribution in [0.1, 0.15) is 17.4 Å². The van der Waals surface area contributed by atoms with Crippen molar-refractivity contribution in [1.29, 1.82) is 0 Å². The molecular formula is C16H12BrF2NO. The zero-order valence-corrected chi connectivity index (χ0v) is 12.7. The first-order valence-corrected chi connectivity index (χ1v) is 7.19. The van der Waals surface area contributed by atoms with Crippen LogP contribution < -0.4 is 5.32 Å². The third-order valence-corrected chi connectivity index (χ3v) is 4.01. The molecule has 0 aliphatic rings. The first-order valence-electron chi connectivity index (χ1n) is 6.40. The van der Waals surface area contributed by atoms with Gasteiger partial charge in [-0.25, -0.2) is 8.78 Å². The molecule has 0 saturated heterocycles. The molecule has 1 atom stereocenters. The van der Waals surface area contributed by atoms with E-state index in [1.54, 1.807) is 37.4 Å². The largest absolute Gasteiger partial charge is 0.456 e. The van der Waals surface area contributed by atoms with Gasteiger partial charge in [-0.15, -0.1) is 0 Å². The average Bonchev–Trinajstić information content (AvgIpc) is 2.89. The molecule has 108 valence electrons. The first-order chi connectivity index (χ1) is 10.1. The summed E-state index contributed by atoms with van der Waals surface area (Å²) < 4.78 is 33.4. The number of furan rings is 1. The SMILES string of the molecule is CNC(c1ccc(Br)c(F)c1)c1cc2cccc(F)c2o1. The topological polar surface area (TPSA) is 25.2 Å². The van der Waals surface area contributed by atoms with Gasteiger partial charge in [-0.3, -0.25) is 0 Å². The molecule has 0 amide bonds. The van der Waals surface area contributed by atoms with E-state index in [2.05, 4.69) is 21.2 Å². The quantitative estimate of drug-likeness (QED) is 0.734. The lowest BCUT2D eigenvalue weighted by Gasteiger charge is -2.14. The Bertz CT molecular complexity index is 800. The Morgan fingerprint density at radius 1 is 1.10 bits per heavy atom. The van der Waals surface area contributed by atoms with Gasteiger partial charge >= 0.3 is 0 Å². The Hall–Kier alpha value is -1.72. The number of fused-ring (bicyclic) bond motifs is 1. The maximum atomic E-state index is 13.7. The molecule has 1 heterocycles. The molecule has 0 fully saturated rings. The van der Waals surface area contributed by atoms with Crippen LogP contribution in [0.3, 0.4) is 0 Å². The zero-order chi connectivity index (χ0) is 15.0. The van der Waals surface area contributed by atoms with E-state index >= 15 is 0 Å². The average molecular weight is 352 g/mol. The molecule has 1 aromatic heterocycles. The van der Waals surface area contributed by atoms with Crippen molar-refractivity contribution >= 4 is 26.9 Å². The maximum Gasteiger partial charge on any atom is 0.169 e. The molecule has 2 aromatic carbocycles. The maximum absolute atomic E-state index is 13.7. The van der Waals surface area contributed by atoms with Crippen LogP contribution >= 0.6 is 15.9 Å². The highest BCUT2D eigenvalue weighted by Gasteiger charge is 2.19. The summed E-state index contributed by atoms with van der Waals surface area (Å²) >= 11 is 3.13. The molecule has 3 rings (SSSR count). The second kappa shape index (κ2) is 5.58. The van der Waals surface area contributed by atoms with Gasteiger partial charge in [-0.2, -0.15) is 0 Å². The molecule has 0 aliphatic heterocycles. The lowest BCUT2D eigenvalue weighted by Crippen LogP contribution is -2.17. The Balaban J connectivity index is 2.09. The predicted octanol–water partition coefficient (Wildman–Crippen LogP) is 4.78. The van der Waals surface area contributed by atoms with Gasteiger partial charge in [0.2, 0.25) is 0 Å². The molecule has 0 bridgehead atoms. The molecule has 0 radical (unpaired) electrons. The fraction of sp³-hybridized carbons (Fsp3) is 0.125. The van der Waals surface area contributed by atoms with Crippen LogP contribution in [-0.2, 0) is 0 Å². The Morgan fingerprint density at radius 3 is 2.57 bits per heavy atom. The molecule has 1 unspecified atom stereocenters. The third-order valence-electron chi connectivity index (χ3n) is 3.37. The van der Waals surface area contributed by atoms with Crippen molar-refractivity contribution in [1.82, 2.24) is 5.32 Å². The van der Waals surface area contributed by atoms with Gasteiger partial charge in [0.15, 0.2) is 11.4 Å². The van der Waals surface area contributed by atoms with Crippen LogP contribution in [0.2, 0.25) is 0 Å². The van der Waals surface area contributed by atoms with Crippen molar-refractivity contribution in [3.63, 3.8) is 0 Å². The van der Waals surface area contributed by atoms with E-state index in [0.717, 1.165) is 0 Å². The van der Waals surface area contributed by atoms with Crippen LogP contribution in [0, 0.1) is 11.6 Å². The van der Waals surface area contributed by atoms with E-state index in [1.165, 1.54) is 12.1 Å². The number of nitrogens with one attached hydrogen (secondary N) is 1. The van der Waals surface area contributed by atoms with Crippen LogP contribution in [0.25, 0.3) is 11.0 Å². The van der Waals surface area contributed by atoms with Gasteiger partial charge in [0.05, 0.1) is 10.5 Å².